The summed E-state index contributed by atoms with van der Waals surface area (Å²) in [5.41, 5.74) is 1.12. The SMILES string of the molecule is CCC[CH2][Sn]([CH2]CCC)([CH2]CCC)[CH2]N1C(=O)O[C@H](c2ccccc2)[C@@H]1C. The molecule has 1 aromatic rings. The second-order valence-corrected chi connectivity index (χ2v) is 22.1. The van der Waals surface area contributed by atoms with E-state index in [1.54, 1.807) is 0 Å². The van der Waals surface area contributed by atoms with Gasteiger partial charge in [-0.15, -0.1) is 0 Å². The first-order valence-corrected chi connectivity index (χ1v) is 19.2. The van der Waals surface area contributed by atoms with Crippen LogP contribution < -0.4 is 0 Å². The first kappa shape index (κ1) is 22.6. The molecule has 0 bridgehead atoms. The van der Waals surface area contributed by atoms with Crippen molar-refractivity contribution in [3.63, 3.8) is 0 Å². The average molecular weight is 480 g/mol. The van der Waals surface area contributed by atoms with Crippen molar-refractivity contribution in [2.45, 2.75) is 91.7 Å². The molecule has 0 radical (unpaired) electrons. The van der Waals surface area contributed by atoms with Gasteiger partial charge in [-0.2, -0.15) is 0 Å². The van der Waals surface area contributed by atoms with E-state index in [1.165, 1.54) is 51.8 Å². The molecule has 0 aromatic heterocycles. The molecular formula is C23H39NO2Sn. The number of cyclic esters (lactones) is 1. The summed E-state index contributed by atoms with van der Waals surface area (Å²) in [6.07, 6.45) is 7.61. The topological polar surface area (TPSA) is 29.5 Å². The number of hydrogen-bond acceptors (Lipinski definition) is 2. The molecule has 0 N–H and O–H groups in total. The zero-order valence-corrected chi connectivity index (χ0v) is 20.7. The van der Waals surface area contributed by atoms with Crippen LogP contribution in [0.1, 0.15) is 77.9 Å². The van der Waals surface area contributed by atoms with Crippen molar-refractivity contribution in [3.8, 4) is 0 Å². The molecule has 1 aliphatic rings. The molecule has 27 heavy (non-hydrogen) atoms. The summed E-state index contributed by atoms with van der Waals surface area (Å²) in [7, 11) is 0. The third-order valence-electron chi connectivity index (χ3n) is 6.21. The number of nitrogens with zero attached hydrogens (tertiary/aromatic N) is 1. The van der Waals surface area contributed by atoms with E-state index < -0.39 is 18.4 Å². The van der Waals surface area contributed by atoms with E-state index in [-0.39, 0.29) is 18.2 Å². The van der Waals surface area contributed by atoms with Gasteiger partial charge in [0.1, 0.15) is 0 Å². The summed E-state index contributed by atoms with van der Waals surface area (Å²) in [6.45, 7) is 9.08. The predicted octanol–water partition coefficient (Wildman–Crippen LogP) is 6.96. The summed E-state index contributed by atoms with van der Waals surface area (Å²) in [5, 5.41) is 0. The quantitative estimate of drug-likeness (QED) is 0.303. The van der Waals surface area contributed by atoms with E-state index in [0.717, 1.165) is 10.1 Å². The minimum absolute atomic E-state index is 0.0816. The Morgan fingerprint density at radius 1 is 0.926 bits per heavy atom. The van der Waals surface area contributed by atoms with Gasteiger partial charge in [-0.25, -0.2) is 0 Å². The molecule has 1 aliphatic heterocycles. The minimum atomic E-state index is -2.41. The third-order valence-corrected chi connectivity index (χ3v) is 21.2. The number of unbranched alkanes of at least 4 members (excludes halogenated alkanes) is 3. The Hall–Kier alpha value is -0.711. The van der Waals surface area contributed by atoms with Crippen molar-refractivity contribution in [3.05, 3.63) is 35.9 Å². The number of amides is 1. The van der Waals surface area contributed by atoms with E-state index >= 15 is 0 Å². The predicted molar refractivity (Wildman–Crippen MR) is 117 cm³/mol. The normalized spacial score (nSPS) is 20.1. The number of benzene rings is 1. The van der Waals surface area contributed by atoms with Crippen LogP contribution in [0.15, 0.2) is 30.3 Å². The molecule has 2 atom stereocenters. The van der Waals surface area contributed by atoms with E-state index in [9.17, 15) is 4.79 Å². The molecule has 1 fully saturated rings. The maximum absolute atomic E-state index is 12.8. The molecular weight excluding hydrogens is 441 g/mol. The van der Waals surface area contributed by atoms with E-state index in [0.29, 0.717) is 0 Å². The Kier molecular flexibility index (Phi) is 9.47. The molecule has 3 nitrogen and oxygen atoms in total. The number of carbonyl (C=O) groups is 1. The van der Waals surface area contributed by atoms with E-state index in [4.69, 9.17) is 4.74 Å². The molecule has 1 aromatic carbocycles. The van der Waals surface area contributed by atoms with Crippen molar-refractivity contribution >= 4 is 24.5 Å². The fourth-order valence-electron chi connectivity index (χ4n) is 4.43. The molecule has 4 heteroatoms. The summed E-state index contributed by atoms with van der Waals surface area (Å²) in [5.74, 6) is 0. The molecule has 0 aliphatic carbocycles. The van der Waals surface area contributed by atoms with Gasteiger partial charge < -0.3 is 0 Å². The maximum atomic E-state index is 12.8. The van der Waals surface area contributed by atoms with Crippen molar-refractivity contribution < 1.29 is 9.53 Å². The van der Waals surface area contributed by atoms with Gasteiger partial charge in [0, 0.05) is 0 Å². The zero-order chi connectivity index (χ0) is 19.7. The van der Waals surface area contributed by atoms with Crippen LogP contribution >= 0.6 is 0 Å². The summed E-state index contributed by atoms with van der Waals surface area (Å²) >= 11 is -2.41. The van der Waals surface area contributed by atoms with Gasteiger partial charge in [-0.1, -0.05) is 0 Å². The second-order valence-electron chi connectivity index (χ2n) is 8.39. The van der Waals surface area contributed by atoms with E-state index in [2.05, 4.69) is 44.7 Å². The number of ether oxygens (including phenoxy) is 1. The van der Waals surface area contributed by atoms with Crippen molar-refractivity contribution in [1.29, 1.82) is 0 Å². The van der Waals surface area contributed by atoms with Crippen LogP contribution in [-0.4, -0.2) is 40.0 Å². The monoisotopic (exact) mass is 481 g/mol. The van der Waals surface area contributed by atoms with Gasteiger partial charge in [-0.05, 0) is 0 Å². The molecule has 1 saturated heterocycles. The standard InChI is InChI=1S/C11H12NO2.3C4H9.Sn/c1-8-10(14-11(13)12(8)2)9-6-4-3-5-7-9;3*1-3-4-2;/h3-8,10H,2H2,1H3;3*1,3-4H2,2H3;/t8-,10-;;;;/m0..../s1. The van der Waals surface area contributed by atoms with Gasteiger partial charge in [-0.3, -0.25) is 0 Å². The molecule has 0 saturated carbocycles. The molecule has 152 valence electrons. The van der Waals surface area contributed by atoms with Crippen molar-refractivity contribution in [2.24, 2.45) is 0 Å². The van der Waals surface area contributed by atoms with Crippen LogP contribution in [0.4, 0.5) is 4.79 Å². The van der Waals surface area contributed by atoms with Crippen LogP contribution in [0.3, 0.4) is 0 Å². The van der Waals surface area contributed by atoms with Gasteiger partial charge in [0.05, 0.1) is 0 Å². The Morgan fingerprint density at radius 3 is 1.93 bits per heavy atom. The van der Waals surface area contributed by atoms with Crippen molar-refractivity contribution in [2.75, 3.05) is 4.56 Å². The van der Waals surface area contributed by atoms with Crippen LogP contribution in [-0.2, 0) is 4.74 Å². The molecule has 2 rings (SSSR count). The van der Waals surface area contributed by atoms with Crippen LogP contribution in [0.2, 0.25) is 13.3 Å². The van der Waals surface area contributed by atoms with Gasteiger partial charge >= 0.3 is 171 Å². The van der Waals surface area contributed by atoms with Crippen LogP contribution in [0.25, 0.3) is 0 Å². The fraction of sp³-hybridized carbons (Fsp3) is 0.696. The Bertz CT molecular complexity index is 541. The molecule has 1 amide bonds. The molecule has 1 heterocycles. The van der Waals surface area contributed by atoms with E-state index in [1.807, 2.05) is 18.2 Å². The zero-order valence-electron chi connectivity index (χ0n) is 17.9. The summed E-state index contributed by atoms with van der Waals surface area (Å²) in [6, 6.07) is 10.4. The Morgan fingerprint density at radius 2 is 1.44 bits per heavy atom. The Labute approximate surface area is 170 Å². The number of carbonyl (C=O) groups excluding carboxylic acids is 1. The fourth-order valence-corrected chi connectivity index (χ4v) is 20.6. The van der Waals surface area contributed by atoms with Gasteiger partial charge in [0.2, 0.25) is 0 Å². The third kappa shape index (κ3) is 6.13. The van der Waals surface area contributed by atoms with Gasteiger partial charge in [0.15, 0.2) is 0 Å². The summed E-state index contributed by atoms with van der Waals surface area (Å²) < 4.78 is 11.2. The summed E-state index contributed by atoms with van der Waals surface area (Å²) in [4.78, 5) is 14.9. The first-order chi connectivity index (χ1) is 13.1. The number of rotatable bonds is 12. The number of hydrogen-bond donors (Lipinski definition) is 0. The van der Waals surface area contributed by atoms with Crippen molar-refractivity contribution in [1.82, 2.24) is 4.90 Å². The first-order valence-electron chi connectivity index (χ1n) is 11.1. The average Bonchev–Trinajstić information content (AvgIpc) is 2.97. The van der Waals surface area contributed by atoms with Crippen LogP contribution in [0.5, 0.6) is 0 Å². The van der Waals surface area contributed by atoms with Gasteiger partial charge in [0.25, 0.3) is 0 Å². The second kappa shape index (κ2) is 11.3. The molecule has 0 spiro atoms. The Balaban J connectivity index is 2.19. The van der Waals surface area contributed by atoms with Crippen LogP contribution in [0, 0.1) is 0 Å². The molecule has 0 unspecified atom stereocenters.